The summed E-state index contributed by atoms with van der Waals surface area (Å²) in [6.45, 7) is 5.15. The maximum absolute atomic E-state index is 12.2. The van der Waals surface area contributed by atoms with Crippen LogP contribution in [0.25, 0.3) is 0 Å². The van der Waals surface area contributed by atoms with Crippen molar-refractivity contribution in [3.05, 3.63) is 36.2 Å². The fourth-order valence-electron chi connectivity index (χ4n) is 0.894. The van der Waals surface area contributed by atoms with Gasteiger partial charge in [-0.1, -0.05) is 6.58 Å². The van der Waals surface area contributed by atoms with Crippen LogP contribution in [0.3, 0.4) is 0 Å². The van der Waals surface area contributed by atoms with Crippen molar-refractivity contribution in [3.8, 4) is 0 Å². The molecule has 0 aliphatic heterocycles. The fourth-order valence-corrected chi connectivity index (χ4v) is 0.894. The minimum absolute atomic E-state index is 0.146. The Bertz CT molecular complexity index is 344. The number of rotatable bonds is 2. The van der Waals surface area contributed by atoms with Crippen LogP contribution < -0.4 is 5.32 Å². The molecule has 0 amide bonds. The van der Waals surface area contributed by atoms with Crippen LogP contribution in [0.1, 0.15) is 12.5 Å². The van der Waals surface area contributed by atoms with Gasteiger partial charge in [-0.05, 0) is 19.1 Å². The van der Waals surface area contributed by atoms with Crippen LogP contribution in [0.15, 0.2) is 30.6 Å². The summed E-state index contributed by atoms with van der Waals surface area (Å²) in [5.74, 6) is 0.146. The number of anilines is 1. The van der Waals surface area contributed by atoms with E-state index in [2.05, 4.69) is 16.9 Å². The Morgan fingerprint density at radius 2 is 2.14 bits per heavy atom. The third-order valence-corrected chi connectivity index (χ3v) is 1.43. The van der Waals surface area contributed by atoms with Crippen molar-refractivity contribution in [1.82, 2.24) is 4.98 Å². The normalized spacial score (nSPS) is 11.1. The van der Waals surface area contributed by atoms with E-state index in [0.717, 1.165) is 18.3 Å². The average molecular weight is 202 g/mol. The first-order chi connectivity index (χ1) is 6.39. The number of nitrogens with one attached hydrogen (secondary N) is 1. The SMILES string of the molecule is C=C(C)Nc1cc(C(F)(F)F)ccn1. The number of allylic oxidation sites excluding steroid dienone is 1. The van der Waals surface area contributed by atoms with Gasteiger partial charge in [0.2, 0.25) is 0 Å². The fraction of sp³-hybridized carbons (Fsp3) is 0.222. The molecule has 0 saturated carbocycles. The van der Waals surface area contributed by atoms with Gasteiger partial charge in [-0.25, -0.2) is 4.98 Å². The van der Waals surface area contributed by atoms with E-state index < -0.39 is 11.7 Å². The average Bonchev–Trinajstić information content (AvgIpc) is 2.01. The van der Waals surface area contributed by atoms with Crippen LogP contribution in [0.2, 0.25) is 0 Å². The van der Waals surface area contributed by atoms with E-state index >= 15 is 0 Å². The molecular formula is C9H9F3N2. The Balaban J connectivity index is 2.95. The summed E-state index contributed by atoms with van der Waals surface area (Å²) in [5, 5.41) is 2.61. The van der Waals surface area contributed by atoms with Crippen LogP contribution in [-0.2, 0) is 6.18 Å². The van der Waals surface area contributed by atoms with E-state index in [9.17, 15) is 13.2 Å². The highest BCUT2D eigenvalue weighted by Gasteiger charge is 2.30. The highest BCUT2D eigenvalue weighted by molar-refractivity contribution is 5.42. The molecule has 0 atom stereocenters. The van der Waals surface area contributed by atoms with Crippen molar-refractivity contribution in [3.63, 3.8) is 0 Å². The first-order valence-corrected chi connectivity index (χ1v) is 3.85. The smallest absolute Gasteiger partial charge is 0.345 e. The third kappa shape index (κ3) is 2.76. The van der Waals surface area contributed by atoms with E-state index in [1.807, 2.05) is 0 Å². The lowest BCUT2D eigenvalue weighted by Crippen LogP contribution is -2.06. The minimum Gasteiger partial charge on any atom is -0.345 e. The lowest BCUT2D eigenvalue weighted by Gasteiger charge is -2.08. The van der Waals surface area contributed by atoms with Crippen LogP contribution in [0.4, 0.5) is 19.0 Å². The molecule has 1 N–H and O–H groups in total. The van der Waals surface area contributed by atoms with Crippen molar-refractivity contribution in [2.75, 3.05) is 5.32 Å². The van der Waals surface area contributed by atoms with Gasteiger partial charge in [-0.2, -0.15) is 13.2 Å². The van der Waals surface area contributed by atoms with Crippen LogP contribution in [0.5, 0.6) is 0 Å². The molecule has 1 rings (SSSR count). The number of nitrogens with zero attached hydrogens (tertiary/aromatic N) is 1. The number of alkyl halides is 3. The minimum atomic E-state index is -4.34. The second-order valence-corrected chi connectivity index (χ2v) is 2.83. The second kappa shape index (κ2) is 3.69. The number of aromatic nitrogens is 1. The van der Waals surface area contributed by atoms with Gasteiger partial charge >= 0.3 is 6.18 Å². The molecule has 1 heterocycles. The zero-order chi connectivity index (χ0) is 10.8. The lowest BCUT2D eigenvalue weighted by molar-refractivity contribution is -0.137. The van der Waals surface area contributed by atoms with E-state index in [0.29, 0.717) is 5.70 Å². The highest BCUT2D eigenvalue weighted by atomic mass is 19.4. The molecule has 14 heavy (non-hydrogen) atoms. The topological polar surface area (TPSA) is 24.9 Å². The van der Waals surface area contributed by atoms with E-state index in [1.54, 1.807) is 6.92 Å². The van der Waals surface area contributed by atoms with E-state index in [-0.39, 0.29) is 5.82 Å². The molecule has 0 spiro atoms. The molecule has 0 radical (unpaired) electrons. The van der Waals surface area contributed by atoms with Crippen LogP contribution in [-0.4, -0.2) is 4.98 Å². The molecule has 0 aliphatic carbocycles. The molecule has 2 nitrogen and oxygen atoms in total. The van der Waals surface area contributed by atoms with Crippen LogP contribution in [0, 0.1) is 0 Å². The van der Waals surface area contributed by atoms with Gasteiger partial charge < -0.3 is 5.32 Å². The maximum Gasteiger partial charge on any atom is 0.416 e. The first kappa shape index (κ1) is 10.6. The molecule has 5 heteroatoms. The molecule has 0 aromatic carbocycles. The Morgan fingerprint density at radius 1 is 1.50 bits per heavy atom. The molecule has 0 bridgehead atoms. The quantitative estimate of drug-likeness (QED) is 0.797. The number of hydrogen-bond donors (Lipinski definition) is 1. The van der Waals surface area contributed by atoms with E-state index in [1.165, 1.54) is 0 Å². The summed E-state index contributed by atoms with van der Waals surface area (Å²) in [4.78, 5) is 3.72. The van der Waals surface area contributed by atoms with Gasteiger partial charge in [0.05, 0.1) is 5.56 Å². The molecule has 1 aromatic heterocycles. The standard InChI is InChI=1S/C9H9F3N2/c1-6(2)14-8-5-7(3-4-13-8)9(10,11)12/h3-5H,1H2,2H3,(H,13,14). The summed E-state index contributed by atoms with van der Waals surface area (Å²) in [5.41, 5.74) is -0.187. The van der Waals surface area contributed by atoms with Crippen molar-refractivity contribution < 1.29 is 13.2 Å². The van der Waals surface area contributed by atoms with Crippen molar-refractivity contribution in [2.24, 2.45) is 0 Å². The van der Waals surface area contributed by atoms with Crippen molar-refractivity contribution >= 4 is 5.82 Å². The number of halogens is 3. The van der Waals surface area contributed by atoms with Gasteiger partial charge in [-0.15, -0.1) is 0 Å². The predicted octanol–water partition coefficient (Wildman–Crippen LogP) is 3.05. The Morgan fingerprint density at radius 3 is 2.64 bits per heavy atom. The Hall–Kier alpha value is -1.52. The molecule has 0 saturated heterocycles. The molecular weight excluding hydrogens is 193 g/mol. The van der Waals surface area contributed by atoms with Gasteiger partial charge in [0.25, 0.3) is 0 Å². The Labute approximate surface area is 79.5 Å². The monoisotopic (exact) mass is 202 g/mol. The van der Waals surface area contributed by atoms with Crippen LogP contribution >= 0.6 is 0 Å². The summed E-state index contributed by atoms with van der Waals surface area (Å²) in [6, 6.07) is 1.86. The summed E-state index contributed by atoms with van der Waals surface area (Å²) < 4.78 is 36.7. The molecule has 0 unspecified atom stereocenters. The van der Waals surface area contributed by atoms with Crippen molar-refractivity contribution in [2.45, 2.75) is 13.1 Å². The lowest BCUT2D eigenvalue weighted by atomic mass is 10.2. The van der Waals surface area contributed by atoms with Gasteiger partial charge in [0.15, 0.2) is 0 Å². The molecule has 76 valence electrons. The second-order valence-electron chi connectivity index (χ2n) is 2.83. The van der Waals surface area contributed by atoms with E-state index in [4.69, 9.17) is 0 Å². The number of hydrogen-bond acceptors (Lipinski definition) is 2. The summed E-state index contributed by atoms with van der Waals surface area (Å²) in [6.07, 6.45) is -3.23. The number of pyridine rings is 1. The maximum atomic E-state index is 12.2. The van der Waals surface area contributed by atoms with Gasteiger partial charge in [0.1, 0.15) is 5.82 Å². The first-order valence-electron chi connectivity index (χ1n) is 3.85. The summed E-state index contributed by atoms with van der Waals surface area (Å²) >= 11 is 0. The zero-order valence-corrected chi connectivity index (χ0v) is 7.52. The molecule has 0 aliphatic rings. The third-order valence-electron chi connectivity index (χ3n) is 1.43. The molecule has 1 aromatic rings. The zero-order valence-electron chi connectivity index (χ0n) is 7.52. The predicted molar refractivity (Wildman–Crippen MR) is 47.7 cm³/mol. The van der Waals surface area contributed by atoms with Gasteiger partial charge in [0, 0.05) is 11.9 Å². The van der Waals surface area contributed by atoms with Crippen molar-refractivity contribution in [1.29, 1.82) is 0 Å². The van der Waals surface area contributed by atoms with Gasteiger partial charge in [-0.3, -0.25) is 0 Å². The summed E-state index contributed by atoms with van der Waals surface area (Å²) in [7, 11) is 0. The highest BCUT2D eigenvalue weighted by Crippen LogP contribution is 2.29. The Kier molecular flexibility index (Phi) is 2.78. The largest absolute Gasteiger partial charge is 0.416 e. The molecule has 0 fully saturated rings.